The second-order valence-corrected chi connectivity index (χ2v) is 4.86. The van der Waals surface area contributed by atoms with Gasteiger partial charge in [-0.05, 0) is 37.8 Å². The van der Waals surface area contributed by atoms with Gasteiger partial charge in [-0.25, -0.2) is 0 Å². The van der Waals surface area contributed by atoms with Crippen molar-refractivity contribution in [1.29, 1.82) is 0 Å². The van der Waals surface area contributed by atoms with E-state index in [1.165, 1.54) is 16.7 Å². The van der Waals surface area contributed by atoms with E-state index in [9.17, 15) is 5.11 Å². The van der Waals surface area contributed by atoms with Crippen LogP contribution in [0.2, 0.25) is 0 Å². The molecule has 3 N–H and O–H groups in total. The number of rotatable bonds is 3. The van der Waals surface area contributed by atoms with Crippen LogP contribution in [0, 0.1) is 19.3 Å². The second-order valence-electron chi connectivity index (χ2n) is 4.86. The van der Waals surface area contributed by atoms with Crippen LogP contribution >= 0.6 is 0 Å². The summed E-state index contributed by atoms with van der Waals surface area (Å²) in [5, 5.41) is 9.35. The lowest BCUT2D eigenvalue weighted by atomic mass is 9.88. The summed E-state index contributed by atoms with van der Waals surface area (Å²) in [5.41, 5.74) is 9.90. The summed E-state index contributed by atoms with van der Waals surface area (Å²) in [4.78, 5) is 0. The van der Waals surface area contributed by atoms with E-state index in [0.717, 1.165) is 12.8 Å². The fraction of sp³-hybridized carbons (Fsp3) is 0.538. The minimum Gasteiger partial charge on any atom is -0.396 e. The Labute approximate surface area is 91.1 Å². The number of aliphatic hydroxyl groups excluding tert-OH is 1. The summed E-state index contributed by atoms with van der Waals surface area (Å²) in [6.45, 7) is 4.39. The Balaban J connectivity index is 2.29. The quantitative estimate of drug-likeness (QED) is 0.793. The van der Waals surface area contributed by atoms with Crippen LogP contribution in [-0.2, 0) is 0 Å². The lowest BCUT2D eigenvalue weighted by Crippen LogP contribution is -2.26. The molecule has 1 aliphatic carbocycles. The fourth-order valence-corrected chi connectivity index (χ4v) is 2.23. The molecule has 1 aliphatic rings. The first-order valence-corrected chi connectivity index (χ1v) is 5.53. The van der Waals surface area contributed by atoms with E-state index in [2.05, 4.69) is 32.0 Å². The second kappa shape index (κ2) is 3.62. The summed E-state index contributed by atoms with van der Waals surface area (Å²) >= 11 is 0. The van der Waals surface area contributed by atoms with Gasteiger partial charge >= 0.3 is 0 Å². The molecule has 2 nitrogen and oxygen atoms in total. The van der Waals surface area contributed by atoms with E-state index in [4.69, 9.17) is 5.73 Å². The molecule has 0 aliphatic heterocycles. The molecule has 1 atom stereocenters. The van der Waals surface area contributed by atoms with Crippen molar-refractivity contribution in [2.24, 2.45) is 11.1 Å². The first-order chi connectivity index (χ1) is 7.09. The molecule has 15 heavy (non-hydrogen) atoms. The van der Waals surface area contributed by atoms with E-state index < -0.39 is 0 Å². The minimum absolute atomic E-state index is 0.0110. The first kappa shape index (κ1) is 10.7. The molecule has 0 radical (unpaired) electrons. The van der Waals surface area contributed by atoms with Gasteiger partial charge in [0.05, 0.1) is 6.61 Å². The van der Waals surface area contributed by atoms with Crippen molar-refractivity contribution in [2.45, 2.75) is 32.7 Å². The molecule has 0 heterocycles. The highest BCUT2D eigenvalue weighted by atomic mass is 16.3. The monoisotopic (exact) mass is 205 g/mol. The minimum atomic E-state index is -0.0278. The number of hydrogen-bond acceptors (Lipinski definition) is 2. The van der Waals surface area contributed by atoms with E-state index in [1.54, 1.807) is 0 Å². The van der Waals surface area contributed by atoms with E-state index in [1.807, 2.05) is 0 Å². The normalized spacial score (nSPS) is 20.0. The van der Waals surface area contributed by atoms with Crippen molar-refractivity contribution in [3.8, 4) is 0 Å². The van der Waals surface area contributed by atoms with Crippen LogP contribution < -0.4 is 5.73 Å². The number of aliphatic hydroxyl groups is 1. The highest BCUT2D eigenvalue weighted by molar-refractivity contribution is 5.34. The van der Waals surface area contributed by atoms with Crippen LogP contribution in [-0.4, -0.2) is 11.7 Å². The lowest BCUT2D eigenvalue weighted by Gasteiger charge is -2.23. The van der Waals surface area contributed by atoms with Gasteiger partial charge < -0.3 is 10.8 Å². The van der Waals surface area contributed by atoms with Crippen LogP contribution in [0.15, 0.2) is 18.2 Å². The van der Waals surface area contributed by atoms with E-state index >= 15 is 0 Å². The zero-order valence-corrected chi connectivity index (χ0v) is 9.46. The molecule has 1 fully saturated rings. The third kappa shape index (κ3) is 1.80. The highest BCUT2D eigenvalue weighted by Gasteiger charge is 2.48. The zero-order valence-electron chi connectivity index (χ0n) is 9.46. The zero-order chi connectivity index (χ0) is 11.1. The largest absolute Gasteiger partial charge is 0.396 e. The van der Waals surface area contributed by atoms with Crippen LogP contribution in [0.4, 0.5) is 0 Å². The van der Waals surface area contributed by atoms with Crippen LogP contribution in [0.3, 0.4) is 0 Å². The molecule has 0 saturated heterocycles. The Morgan fingerprint density at radius 2 is 2.07 bits per heavy atom. The van der Waals surface area contributed by atoms with Gasteiger partial charge in [0.1, 0.15) is 0 Å². The average molecular weight is 205 g/mol. The molecule has 0 spiro atoms. The third-order valence-electron chi connectivity index (χ3n) is 3.63. The molecular weight excluding hydrogens is 186 g/mol. The van der Waals surface area contributed by atoms with Crippen molar-refractivity contribution >= 4 is 0 Å². The molecule has 2 rings (SSSR count). The maximum absolute atomic E-state index is 9.35. The number of benzene rings is 1. The average Bonchev–Trinajstić information content (AvgIpc) is 2.97. The Morgan fingerprint density at radius 1 is 1.40 bits per heavy atom. The lowest BCUT2D eigenvalue weighted by molar-refractivity contribution is 0.187. The molecule has 1 aromatic carbocycles. The van der Waals surface area contributed by atoms with Gasteiger partial charge in [-0.2, -0.15) is 0 Å². The van der Waals surface area contributed by atoms with Gasteiger partial charge in [-0.1, -0.05) is 23.8 Å². The van der Waals surface area contributed by atoms with Crippen LogP contribution in [0.5, 0.6) is 0 Å². The van der Waals surface area contributed by atoms with Crippen LogP contribution in [0.1, 0.15) is 35.6 Å². The summed E-state index contributed by atoms with van der Waals surface area (Å²) < 4.78 is 0. The molecule has 1 unspecified atom stereocenters. The topological polar surface area (TPSA) is 46.2 Å². The Hall–Kier alpha value is -0.860. The summed E-state index contributed by atoms with van der Waals surface area (Å²) in [6, 6.07) is 6.34. The summed E-state index contributed by atoms with van der Waals surface area (Å²) in [7, 11) is 0. The van der Waals surface area contributed by atoms with Gasteiger partial charge in [0.25, 0.3) is 0 Å². The molecule has 2 heteroatoms. The molecule has 0 aromatic heterocycles. The van der Waals surface area contributed by atoms with Crippen molar-refractivity contribution in [2.75, 3.05) is 6.61 Å². The maximum atomic E-state index is 9.35. The van der Waals surface area contributed by atoms with E-state index in [-0.39, 0.29) is 18.1 Å². The highest BCUT2D eigenvalue weighted by Crippen LogP contribution is 2.53. The summed E-state index contributed by atoms with van der Waals surface area (Å²) in [6.07, 6.45) is 2.11. The molecule has 1 saturated carbocycles. The molecule has 1 aromatic rings. The fourth-order valence-electron chi connectivity index (χ4n) is 2.23. The summed E-state index contributed by atoms with van der Waals surface area (Å²) in [5.74, 6) is 0. The van der Waals surface area contributed by atoms with Crippen molar-refractivity contribution in [3.63, 3.8) is 0 Å². The van der Waals surface area contributed by atoms with Gasteiger partial charge in [-0.3, -0.25) is 0 Å². The smallest absolute Gasteiger partial charge is 0.0505 e. The molecular formula is C13H19NO. The van der Waals surface area contributed by atoms with Crippen molar-refractivity contribution < 1.29 is 5.11 Å². The van der Waals surface area contributed by atoms with Gasteiger partial charge in [-0.15, -0.1) is 0 Å². The van der Waals surface area contributed by atoms with Gasteiger partial charge in [0, 0.05) is 11.5 Å². The Kier molecular flexibility index (Phi) is 2.57. The molecule has 0 bridgehead atoms. The number of hydrogen-bond donors (Lipinski definition) is 2. The van der Waals surface area contributed by atoms with Gasteiger partial charge in [0.2, 0.25) is 0 Å². The Bertz CT molecular complexity index is 369. The van der Waals surface area contributed by atoms with Gasteiger partial charge in [0.15, 0.2) is 0 Å². The van der Waals surface area contributed by atoms with Crippen molar-refractivity contribution in [1.82, 2.24) is 0 Å². The van der Waals surface area contributed by atoms with E-state index in [0.29, 0.717) is 0 Å². The Morgan fingerprint density at radius 3 is 2.53 bits per heavy atom. The SMILES string of the molecule is Cc1ccc(C(N)C2(CO)CC2)c(C)c1. The number of nitrogens with two attached hydrogens (primary N) is 1. The maximum Gasteiger partial charge on any atom is 0.0505 e. The standard InChI is InChI=1S/C13H19NO/c1-9-3-4-11(10(2)7-9)12(14)13(8-15)5-6-13/h3-4,7,12,15H,5-6,8,14H2,1-2H3. The first-order valence-electron chi connectivity index (χ1n) is 5.53. The van der Waals surface area contributed by atoms with Crippen LogP contribution in [0.25, 0.3) is 0 Å². The molecule has 82 valence electrons. The predicted molar refractivity (Wildman–Crippen MR) is 61.6 cm³/mol. The predicted octanol–water partition coefficient (Wildman–Crippen LogP) is 2.08. The van der Waals surface area contributed by atoms with Crippen molar-refractivity contribution in [3.05, 3.63) is 34.9 Å². The molecule has 0 amide bonds. The number of aryl methyl sites for hydroxylation is 2. The third-order valence-corrected chi connectivity index (χ3v) is 3.63.